The van der Waals surface area contributed by atoms with Gasteiger partial charge in [-0.2, -0.15) is 0 Å². The third kappa shape index (κ3) is 8.09. The Labute approximate surface area is 254 Å². The molecule has 1 atom stereocenters. The van der Waals surface area contributed by atoms with Gasteiger partial charge in [0.1, 0.15) is 5.60 Å². The van der Waals surface area contributed by atoms with Crippen LogP contribution in [0, 0.1) is 0 Å². The van der Waals surface area contributed by atoms with Crippen LogP contribution in [0.5, 0.6) is 0 Å². The molecule has 0 spiro atoms. The highest BCUT2D eigenvalue weighted by Crippen LogP contribution is 2.37. The minimum absolute atomic E-state index is 0.203. The van der Waals surface area contributed by atoms with Crippen LogP contribution in [0.3, 0.4) is 0 Å². The predicted molar refractivity (Wildman–Crippen MR) is 169 cm³/mol. The lowest BCUT2D eigenvalue weighted by molar-refractivity contribution is -0.171. The molecule has 0 saturated heterocycles. The summed E-state index contributed by atoms with van der Waals surface area (Å²) >= 11 is 0. The zero-order valence-electron chi connectivity index (χ0n) is 25.5. The molecule has 4 rings (SSSR count). The lowest BCUT2D eigenvalue weighted by Crippen LogP contribution is -2.56. The molecule has 0 aliphatic carbocycles. The van der Waals surface area contributed by atoms with E-state index in [4.69, 9.17) is 9.57 Å². The number of likely N-dealkylation sites (N-methyl/N-ethyl adjacent to an activating group) is 1. The van der Waals surface area contributed by atoms with Gasteiger partial charge in [-0.25, -0.2) is 9.86 Å². The van der Waals surface area contributed by atoms with Gasteiger partial charge >= 0.3 is 6.09 Å². The number of hydrogen-bond acceptors (Lipinski definition) is 5. The molecule has 0 heterocycles. The Kier molecular flexibility index (Phi) is 10.3. The Morgan fingerprint density at radius 1 is 0.721 bits per heavy atom. The number of amides is 2. The summed E-state index contributed by atoms with van der Waals surface area (Å²) in [6.07, 6.45) is -0.0614. The molecule has 2 N–H and O–H groups in total. The summed E-state index contributed by atoms with van der Waals surface area (Å²) in [5.74, 6) is -0.203. The Balaban J connectivity index is 1.70. The van der Waals surface area contributed by atoms with Gasteiger partial charge in [0.25, 0.3) is 5.91 Å². The first kappa shape index (κ1) is 31.5. The van der Waals surface area contributed by atoms with E-state index in [1.165, 1.54) is 12.2 Å². The molecule has 0 aromatic heterocycles. The highest BCUT2D eigenvalue weighted by atomic mass is 16.7. The molecular weight excluding hydrogens is 538 g/mol. The molecule has 0 unspecified atom stereocenters. The molecule has 0 aliphatic rings. The van der Waals surface area contributed by atoms with E-state index in [2.05, 4.69) is 47.0 Å². The zero-order valence-corrected chi connectivity index (χ0v) is 25.5. The average Bonchev–Trinajstić information content (AvgIpc) is 3.02. The molecule has 4 aromatic rings. The SMILES string of the molecule is CON(C)C(=O)[C@H](Cc1ccc(CNC(=O)OC(C)(C)C)cc1)NC(c1ccccc1)(c1ccccc1)c1ccccc1. The smallest absolute Gasteiger partial charge is 0.407 e. The van der Waals surface area contributed by atoms with Crippen LogP contribution in [0.4, 0.5) is 4.79 Å². The van der Waals surface area contributed by atoms with E-state index >= 15 is 0 Å². The second-order valence-electron chi connectivity index (χ2n) is 11.4. The number of hydroxylamine groups is 2. The summed E-state index contributed by atoms with van der Waals surface area (Å²) in [5, 5.41) is 7.87. The lowest BCUT2D eigenvalue weighted by atomic mass is 9.76. The lowest BCUT2D eigenvalue weighted by Gasteiger charge is -2.40. The maximum atomic E-state index is 13.9. The van der Waals surface area contributed by atoms with Gasteiger partial charge in [0.15, 0.2) is 0 Å². The monoisotopic (exact) mass is 579 g/mol. The van der Waals surface area contributed by atoms with Gasteiger partial charge in [-0.1, -0.05) is 115 Å². The van der Waals surface area contributed by atoms with Crippen LogP contribution in [0.2, 0.25) is 0 Å². The molecule has 0 radical (unpaired) electrons. The Morgan fingerprint density at radius 2 is 1.16 bits per heavy atom. The van der Waals surface area contributed by atoms with Gasteiger partial charge in [0.2, 0.25) is 0 Å². The fourth-order valence-corrected chi connectivity index (χ4v) is 5.10. The zero-order chi connectivity index (χ0) is 30.9. The molecule has 7 nitrogen and oxygen atoms in total. The van der Waals surface area contributed by atoms with Crippen molar-refractivity contribution in [2.75, 3.05) is 14.2 Å². The van der Waals surface area contributed by atoms with Crippen molar-refractivity contribution in [3.63, 3.8) is 0 Å². The van der Waals surface area contributed by atoms with Gasteiger partial charge < -0.3 is 10.1 Å². The Hall–Kier alpha value is -4.46. The van der Waals surface area contributed by atoms with E-state index in [-0.39, 0.29) is 5.91 Å². The first-order valence-electron chi connectivity index (χ1n) is 14.4. The fraction of sp³-hybridized carbons (Fsp3) is 0.278. The van der Waals surface area contributed by atoms with E-state index in [1.54, 1.807) is 7.05 Å². The average molecular weight is 580 g/mol. The molecular formula is C36H41N3O4. The molecule has 7 heteroatoms. The minimum atomic E-state index is -0.837. The number of benzene rings is 4. The van der Waals surface area contributed by atoms with Crippen molar-refractivity contribution < 1.29 is 19.2 Å². The number of carbonyl (C=O) groups is 2. The first-order chi connectivity index (χ1) is 20.6. The van der Waals surface area contributed by atoms with Gasteiger partial charge in [0.05, 0.1) is 18.7 Å². The van der Waals surface area contributed by atoms with E-state index in [1.807, 2.05) is 99.6 Å². The van der Waals surface area contributed by atoms with Crippen molar-refractivity contribution in [1.82, 2.24) is 15.7 Å². The molecule has 43 heavy (non-hydrogen) atoms. The quantitative estimate of drug-likeness (QED) is 0.163. The van der Waals surface area contributed by atoms with Crippen LogP contribution in [0.1, 0.15) is 48.6 Å². The van der Waals surface area contributed by atoms with Gasteiger partial charge in [-0.15, -0.1) is 0 Å². The Morgan fingerprint density at radius 3 is 1.58 bits per heavy atom. The van der Waals surface area contributed by atoms with E-state index in [0.717, 1.165) is 27.8 Å². The summed E-state index contributed by atoms with van der Waals surface area (Å²) in [4.78, 5) is 31.3. The predicted octanol–water partition coefficient (Wildman–Crippen LogP) is 6.22. The molecule has 2 amide bonds. The summed E-state index contributed by atoms with van der Waals surface area (Å²) in [7, 11) is 3.11. The van der Waals surface area contributed by atoms with Crippen LogP contribution in [-0.2, 0) is 32.9 Å². The van der Waals surface area contributed by atoms with E-state index < -0.39 is 23.3 Å². The van der Waals surface area contributed by atoms with E-state index in [9.17, 15) is 9.59 Å². The van der Waals surface area contributed by atoms with Crippen LogP contribution < -0.4 is 10.6 Å². The highest BCUT2D eigenvalue weighted by Gasteiger charge is 2.40. The standard InChI is InChI=1S/C36H41N3O4/c1-35(2,3)43-34(41)37-26-28-23-21-27(22-24-28)25-32(33(40)39(4)42-5)38-36(29-15-9-6-10-16-29,30-17-11-7-12-18-30)31-19-13-8-14-20-31/h6-24,32,38H,25-26H2,1-5H3,(H,37,41)/t32-/m0/s1. The normalized spacial score (nSPS) is 12.3. The second-order valence-corrected chi connectivity index (χ2v) is 11.4. The number of nitrogens with one attached hydrogen (secondary N) is 2. The number of carbonyl (C=O) groups excluding carboxylic acids is 2. The van der Waals surface area contributed by atoms with Crippen LogP contribution in [0.25, 0.3) is 0 Å². The summed E-state index contributed by atoms with van der Waals surface area (Å²) in [6.45, 7) is 5.82. The molecule has 0 fully saturated rings. The molecule has 4 aromatic carbocycles. The molecule has 0 bridgehead atoms. The maximum absolute atomic E-state index is 13.9. The summed E-state index contributed by atoms with van der Waals surface area (Å²) < 4.78 is 5.34. The van der Waals surface area contributed by atoms with Crippen molar-refractivity contribution >= 4 is 12.0 Å². The first-order valence-corrected chi connectivity index (χ1v) is 14.4. The van der Waals surface area contributed by atoms with Crippen molar-refractivity contribution in [3.05, 3.63) is 143 Å². The van der Waals surface area contributed by atoms with Crippen LogP contribution in [-0.4, -0.2) is 42.9 Å². The summed E-state index contributed by atoms with van der Waals surface area (Å²) in [5.41, 5.74) is 3.50. The maximum Gasteiger partial charge on any atom is 0.407 e. The summed E-state index contributed by atoms with van der Waals surface area (Å²) in [6, 6.07) is 37.8. The third-order valence-electron chi connectivity index (χ3n) is 7.19. The topological polar surface area (TPSA) is 79.9 Å². The van der Waals surface area contributed by atoms with Gasteiger partial charge in [-0.05, 0) is 55.0 Å². The van der Waals surface area contributed by atoms with Crippen molar-refractivity contribution in [2.45, 2.75) is 50.9 Å². The van der Waals surface area contributed by atoms with Crippen molar-refractivity contribution in [1.29, 1.82) is 0 Å². The second kappa shape index (κ2) is 14.1. The fourth-order valence-electron chi connectivity index (χ4n) is 5.10. The number of hydrogen-bond donors (Lipinski definition) is 2. The van der Waals surface area contributed by atoms with Gasteiger partial charge in [0, 0.05) is 13.6 Å². The van der Waals surface area contributed by atoms with Crippen LogP contribution in [0.15, 0.2) is 115 Å². The van der Waals surface area contributed by atoms with Crippen molar-refractivity contribution in [2.24, 2.45) is 0 Å². The number of ether oxygens (including phenoxy) is 1. The van der Waals surface area contributed by atoms with E-state index in [0.29, 0.717) is 13.0 Å². The number of nitrogens with zero attached hydrogens (tertiary/aromatic N) is 1. The molecule has 224 valence electrons. The van der Waals surface area contributed by atoms with Crippen molar-refractivity contribution in [3.8, 4) is 0 Å². The Bertz CT molecular complexity index is 1360. The number of alkyl carbamates (subject to hydrolysis) is 1. The molecule has 0 saturated carbocycles. The highest BCUT2D eigenvalue weighted by molar-refractivity contribution is 5.81. The minimum Gasteiger partial charge on any atom is -0.444 e. The third-order valence-corrected chi connectivity index (χ3v) is 7.19. The van der Waals surface area contributed by atoms with Crippen LogP contribution >= 0.6 is 0 Å². The van der Waals surface area contributed by atoms with Gasteiger partial charge in [-0.3, -0.25) is 14.9 Å². The largest absolute Gasteiger partial charge is 0.444 e. The number of rotatable bonds is 11. The molecule has 0 aliphatic heterocycles.